The molecule has 1 aromatic heterocycles. The Morgan fingerprint density at radius 1 is 1.12 bits per heavy atom. The number of hydrogen-bond acceptors (Lipinski definition) is 3. The minimum Gasteiger partial charge on any atom is -0.384 e. The molecule has 0 radical (unpaired) electrons. The zero-order valence-electron chi connectivity index (χ0n) is 10.1. The molecule has 0 aliphatic rings. The molecule has 0 atom stereocenters. The van der Waals surface area contributed by atoms with Gasteiger partial charge in [0.05, 0.1) is 0 Å². The standard InChI is InChI=1S/C14H16N2S/c1-10-4-3-5-11(2)13(10)9-17-12-6-7-14(15)16-8-12/h3-8H,9H2,1-2H3,(H2,15,16). The molecule has 2 N–H and O–H groups in total. The lowest BCUT2D eigenvalue weighted by Crippen LogP contribution is -1.92. The Labute approximate surface area is 106 Å². The average molecular weight is 244 g/mol. The Hall–Kier alpha value is -1.48. The van der Waals surface area contributed by atoms with E-state index in [-0.39, 0.29) is 0 Å². The summed E-state index contributed by atoms with van der Waals surface area (Å²) in [7, 11) is 0. The first-order valence-electron chi connectivity index (χ1n) is 5.56. The fourth-order valence-electron chi connectivity index (χ4n) is 1.71. The molecule has 0 saturated heterocycles. The topological polar surface area (TPSA) is 38.9 Å². The predicted molar refractivity (Wildman–Crippen MR) is 74.1 cm³/mol. The van der Waals surface area contributed by atoms with Crippen LogP contribution in [-0.4, -0.2) is 4.98 Å². The van der Waals surface area contributed by atoms with Crippen molar-refractivity contribution in [3.63, 3.8) is 0 Å². The van der Waals surface area contributed by atoms with Gasteiger partial charge in [-0.15, -0.1) is 11.8 Å². The summed E-state index contributed by atoms with van der Waals surface area (Å²) in [5, 5.41) is 0. The Bertz CT molecular complexity index is 486. The number of thioether (sulfide) groups is 1. The van der Waals surface area contributed by atoms with Crippen molar-refractivity contribution in [3.05, 3.63) is 53.2 Å². The lowest BCUT2D eigenvalue weighted by molar-refractivity contribution is 1.22. The zero-order valence-corrected chi connectivity index (χ0v) is 10.9. The highest BCUT2D eigenvalue weighted by atomic mass is 32.2. The molecule has 3 heteroatoms. The van der Waals surface area contributed by atoms with Crippen LogP contribution in [-0.2, 0) is 5.75 Å². The third-order valence-corrected chi connectivity index (χ3v) is 3.79. The highest BCUT2D eigenvalue weighted by Crippen LogP contribution is 2.25. The molecule has 0 fully saturated rings. The number of nitrogens with zero attached hydrogens (tertiary/aromatic N) is 1. The number of rotatable bonds is 3. The van der Waals surface area contributed by atoms with Gasteiger partial charge in [-0.25, -0.2) is 4.98 Å². The van der Waals surface area contributed by atoms with Crippen molar-refractivity contribution in [1.29, 1.82) is 0 Å². The first kappa shape index (κ1) is 12.0. The van der Waals surface area contributed by atoms with Gasteiger partial charge in [-0.1, -0.05) is 18.2 Å². The largest absolute Gasteiger partial charge is 0.384 e. The summed E-state index contributed by atoms with van der Waals surface area (Å²) in [6, 6.07) is 10.3. The predicted octanol–water partition coefficient (Wildman–Crippen LogP) is 3.57. The van der Waals surface area contributed by atoms with Crippen molar-refractivity contribution in [3.8, 4) is 0 Å². The maximum atomic E-state index is 5.56. The molecule has 0 aliphatic heterocycles. The van der Waals surface area contributed by atoms with Gasteiger partial charge in [-0.3, -0.25) is 0 Å². The molecule has 0 saturated carbocycles. The van der Waals surface area contributed by atoms with Crippen molar-refractivity contribution in [2.75, 3.05) is 5.73 Å². The quantitative estimate of drug-likeness (QED) is 0.839. The van der Waals surface area contributed by atoms with Crippen LogP contribution in [0.25, 0.3) is 0 Å². The molecule has 0 aliphatic carbocycles. The number of benzene rings is 1. The molecule has 1 aromatic carbocycles. The molecule has 0 spiro atoms. The number of hydrogen-bond donors (Lipinski definition) is 1. The maximum absolute atomic E-state index is 5.56. The van der Waals surface area contributed by atoms with E-state index in [1.165, 1.54) is 16.7 Å². The number of nitrogen functional groups attached to an aromatic ring is 1. The second-order valence-corrected chi connectivity index (χ2v) is 5.13. The van der Waals surface area contributed by atoms with Crippen molar-refractivity contribution in [1.82, 2.24) is 4.98 Å². The van der Waals surface area contributed by atoms with E-state index in [1.807, 2.05) is 18.3 Å². The van der Waals surface area contributed by atoms with Crippen molar-refractivity contribution in [2.45, 2.75) is 24.5 Å². The minimum absolute atomic E-state index is 0.571. The van der Waals surface area contributed by atoms with Gasteiger partial charge in [0.25, 0.3) is 0 Å². The zero-order chi connectivity index (χ0) is 12.3. The van der Waals surface area contributed by atoms with E-state index in [2.05, 4.69) is 37.0 Å². The lowest BCUT2D eigenvalue weighted by Gasteiger charge is -2.09. The SMILES string of the molecule is Cc1cccc(C)c1CSc1ccc(N)nc1. The Balaban J connectivity index is 2.10. The van der Waals surface area contributed by atoms with Crippen LogP contribution in [0.4, 0.5) is 5.82 Å². The third-order valence-electron chi connectivity index (χ3n) is 2.79. The second-order valence-electron chi connectivity index (χ2n) is 4.08. The number of nitrogens with two attached hydrogens (primary N) is 1. The van der Waals surface area contributed by atoms with Gasteiger partial charge >= 0.3 is 0 Å². The van der Waals surface area contributed by atoms with Gasteiger partial charge in [0.1, 0.15) is 5.82 Å². The van der Waals surface area contributed by atoms with E-state index < -0.39 is 0 Å². The van der Waals surface area contributed by atoms with Gasteiger partial charge < -0.3 is 5.73 Å². The molecule has 0 unspecified atom stereocenters. The van der Waals surface area contributed by atoms with Gasteiger partial charge in [0.2, 0.25) is 0 Å². The van der Waals surface area contributed by atoms with Crippen LogP contribution in [0.3, 0.4) is 0 Å². The van der Waals surface area contributed by atoms with Crippen LogP contribution in [0.5, 0.6) is 0 Å². The molecular formula is C14H16N2S. The van der Waals surface area contributed by atoms with Crippen LogP contribution in [0.1, 0.15) is 16.7 Å². The summed E-state index contributed by atoms with van der Waals surface area (Å²) in [5.74, 6) is 1.55. The highest BCUT2D eigenvalue weighted by molar-refractivity contribution is 7.98. The van der Waals surface area contributed by atoms with Gasteiger partial charge in [-0.2, -0.15) is 0 Å². The van der Waals surface area contributed by atoms with Gasteiger partial charge in [-0.05, 0) is 42.7 Å². The minimum atomic E-state index is 0.571. The average Bonchev–Trinajstić information content (AvgIpc) is 2.31. The summed E-state index contributed by atoms with van der Waals surface area (Å²) >= 11 is 1.79. The summed E-state index contributed by atoms with van der Waals surface area (Å²) < 4.78 is 0. The molecule has 2 aromatic rings. The molecule has 0 bridgehead atoms. The van der Waals surface area contributed by atoms with E-state index in [9.17, 15) is 0 Å². The number of anilines is 1. The summed E-state index contributed by atoms with van der Waals surface area (Å²) in [6.07, 6.45) is 1.83. The molecule has 88 valence electrons. The maximum Gasteiger partial charge on any atom is 0.123 e. The van der Waals surface area contributed by atoms with Crippen molar-refractivity contribution >= 4 is 17.6 Å². The number of aryl methyl sites for hydroxylation is 2. The molecule has 1 heterocycles. The summed E-state index contributed by atoms with van der Waals surface area (Å²) in [5.41, 5.74) is 9.67. The Kier molecular flexibility index (Phi) is 3.69. The molecule has 17 heavy (non-hydrogen) atoms. The molecule has 0 amide bonds. The van der Waals surface area contributed by atoms with Crippen LogP contribution >= 0.6 is 11.8 Å². The second kappa shape index (κ2) is 5.23. The first-order chi connectivity index (χ1) is 8.16. The van der Waals surface area contributed by atoms with Crippen LogP contribution in [0.15, 0.2) is 41.4 Å². The van der Waals surface area contributed by atoms with Crippen molar-refractivity contribution < 1.29 is 0 Å². The van der Waals surface area contributed by atoms with Gasteiger partial charge in [0.15, 0.2) is 0 Å². The van der Waals surface area contributed by atoms with E-state index in [4.69, 9.17) is 5.73 Å². The third kappa shape index (κ3) is 3.01. The number of aromatic nitrogens is 1. The van der Waals surface area contributed by atoms with Crippen LogP contribution in [0, 0.1) is 13.8 Å². The highest BCUT2D eigenvalue weighted by Gasteiger charge is 2.03. The van der Waals surface area contributed by atoms with Gasteiger partial charge in [0, 0.05) is 16.8 Å². The summed E-state index contributed by atoms with van der Waals surface area (Å²) in [4.78, 5) is 5.25. The number of pyridine rings is 1. The molecule has 2 rings (SSSR count). The summed E-state index contributed by atoms with van der Waals surface area (Å²) in [6.45, 7) is 4.31. The van der Waals surface area contributed by atoms with Crippen LogP contribution < -0.4 is 5.73 Å². The fourth-order valence-corrected chi connectivity index (χ4v) is 2.77. The van der Waals surface area contributed by atoms with Crippen LogP contribution in [0.2, 0.25) is 0 Å². The monoisotopic (exact) mass is 244 g/mol. The Morgan fingerprint density at radius 3 is 2.41 bits per heavy atom. The normalized spacial score (nSPS) is 10.5. The molecule has 2 nitrogen and oxygen atoms in total. The van der Waals surface area contributed by atoms with E-state index in [0.717, 1.165) is 10.6 Å². The lowest BCUT2D eigenvalue weighted by atomic mass is 10.1. The fraction of sp³-hybridized carbons (Fsp3) is 0.214. The molecular weight excluding hydrogens is 228 g/mol. The first-order valence-corrected chi connectivity index (χ1v) is 6.55. The van der Waals surface area contributed by atoms with Crippen molar-refractivity contribution in [2.24, 2.45) is 0 Å². The van der Waals surface area contributed by atoms with E-state index in [1.54, 1.807) is 11.8 Å². The Morgan fingerprint density at radius 2 is 1.82 bits per heavy atom. The van der Waals surface area contributed by atoms with E-state index >= 15 is 0 Å². The van der Waals surface area contributed by atoms with E-state index in [0.29, 0.717) is 5.82 Å². The smallest absolute Gasteiger partial charge is 0.123 e.